The Balaban J connectivity index is 2.02. The van der Waals surface area contributed by atoms with Crippen LogP contribution in [0.4, 0.5) is 5.69 Å². The number of anilines is 1. The number of nitrogens with one attached hydrogen (secondary N) is 2. The molecule has 2 aromatic rings. The Morgan fingerprint density at radius 3 is 2.76 bits per heavy atom. The zero-order valence-electron chi connectivity index (χ0n) is 12.0. The summed E-state index contributed by atoms with van der Waals surface area (Å²) in [6.07, 6.45) is 2.70. The fourth-order valence-electron chi connectivity index (χ4n) is 2.02. The van der Waals surface area contributed by atoms with Crippen LogP contribution in [0.5, 0.6) is 0 Å². The zero-order chi connectivity index (χ0) is 15.5. The number of hydrogen-bond donors (Lipinski definition) is 3. The molecule has 0 aliphatic heterocycles. The number of aromatic amines is 1. The van der Waals surface area contributed by atoms with Gasteiger partial charge in [0.1, 0.15) is 12.2 Å². The summed E-state index contributed by atoms with van der Waals surface area (Å²) in [6, 6.07) is 3.25. The van der Waals surface area contributed by atoms with E-state index in [9.17, 15) is 8.42 Å². The van der Waals surface area contributed by atoms with Gasteiger partial charge in [0.2, 0.25) is 10.0 Å². The van der Waals surface area contributed by atoms with Crippen molar-refractivity contribution in [3.63, 3.8) is 0 Å². The Morgan fingerprint density at radius 2 is 2.10 bits per heavy atom. The first-order valence-electron chi connectivity index (χ1n) is 6.61. The van der Waals surface area contributed by atoms with Crippen molar-refractivity contribution >= 4 is 15.7 Å². The molecule has 8 heteroatoms. The van der Waals surface area contributed by atoms with E-state index < -0.39 is 10.0 Å². The first-order chi connectivity index (χ1) is 9.90. The normalized spacial score (nSPS) is 11.7. The van der Waals surface area contributed by atoms with Crippen molar-refractivity contribution in [1.82, 2.24) is 19.9 Å². The van der Waals surface area contributed by atoms with E-state index in [1.165, 1.54) is 12.4 Å². The second kappa shape index (κ2) is 6.23. The van der Waals surface area contributed by atoms with E-state index in [0.29, 0.717) is 30.6 Å². The summed E-state index contributed by atoms with van der Waals surface area (Å²) in [4.78, 5) is 4.22. The van der Waals surface area contributed by atoms with E-state index in [1.54, 1.807) is 13.0 Å². The van der Waals surface area contributed by atoms with Gasteiger partial charge in [-0.3, -0.25) is 5.10 Å². The van der Waals surface area contributed by atoms with Crippen LogP contribution in [0.25, 0.3) is 0 Å². The van der Waals surface area contributed by atoms with Gasteiger partial charge in [0.25, 0.3) is 0 Å². The predicted octanol–water partition coefficient (Wildman–Crippen LogP) is 0.915. The Kier molecular flexibility index (Phi) is 4.59. The third kappa shape index (κ3) is 3.79. The van der Waals surface area contributed by atoms with Gasteiger partial charge >= 0.3 is 0 Å². The van der Waals surface area contributed by atoms with Crippen LogP contribution in [0, 0.1) is 13.8 Å². The highest BCUT2D eigenvalue weighted by Gasteiger charge is 2.18. The second-order valence-corrected chi connectivity index (χ2v) is 6.63. The Bertz CT molecular complexity index is 710. The van der Waals surface area contributed by atoms with E-state index in [4.69, 9.17) is 5.73 Å². The minimum absolute atomic E-state index is 0.236. The maximum Gasteiger partial charge on any atom is 0.240 e. The molecule has 2 rings (SSSR count). The molecule has 21 heavy (non-hydrogen) atoms. The van der Waals surface area contributed by atoms with E-state index in [-0.39, 0.29) is 4.90 Å². The molecule has 0 saturated heterocycles. The second-order valence-electron chi connectivity index (χ2n) is 4.89. The van der Waals surface area contributed by atoms with Crippen LogP contribution >= 0.6 is 0 Å². The summed E-state index contributed by atoms with van der Waals surface area (Å²) in [5.74, 6) is 0.741. The summed E-state index contributed by atoms with van der Waals surface area (Å²) in [6.45, 7) is 3.95. The first kappa shape index (κ1) is 15.5. The van der Waals surface area contributed by atoms with Crippen LogP contribution in [-0.4, -0.2) is 30.1 Å². The number of nitrogens with zero attached hydrogens (tertiary/aromatic N) is 2. The molecule has 0 unspecified atom stereocenters. The summed E-state index contributed by atoms with van der Waals surface area (Å²) in [7, 11) is -3.55. The minimum atomic E-state index is -3.55. The predicted molar refractivity (Wildman–Crippen MR) is 80.2 cm³/mol. The number of hydrogen-bond acceptors (Lipinski definition) is 5. The average Bonchev–Trinajstić information content (AvgIpc) is 2.92. The number of rotatable bonds is 6. The van der Waals surface area contributed by atoms with Crippen molar-refractivity contribution in [3.05, 3.63) is 35.4 Å². The van der Waals surface area contributed by atoms with Crippen LogP contribution in [0.15, 0.2) is 23.4 Å². The SMILES string of the molecule is Cc1cc(N)cc(S(=O)(=O)NCCCc2ncn[nH]2)c1C. The van der Waals surface area contributed by atoms with Crippen LogP contribution in [-0.2, 0) is 16.4 Å². The van der Waals surface area contributed by atoms with Gasteiger partial charge in [0.15, 0.2) is 0 Å². The van der Waals surface area contributed by atoms with Crippen LogP contribution in [0.2, 0.25) is 0 Å². The lowest BCUT2D eigenvalue weighted by Crippen LogP contribution is -2.26. The quantitative estimate of drug-likeness (QED) is 0.542. The van der Waals surface area contributed by atoms with Crippen LogP contribution in [0.3, 0.4) is 0 Å². The maximum absolute atomic E-state index is 12.3. The van der Waals surface area contributed by atoms with Gasteiger partial charge < -0.3 is 5.73 Å². The molecule has 0 spiro atoms. The Morgan fingerprint density at radius 1 is 1.33 bits per heavy atom. The number of aromatic nitrogens is 3. The molecule has 0 bridgehead atoms. The molecule has 0 aliphatic rings. The monoisotopic (exact) mass is 309 g/mol. The van der Waals surface area contributed by atoms with E-state index >= 15 is 0 Å². The fraction of sp³-hybridized carbons (Fsp3) is 0.385. The average molecular weight is 309 g/mol. The molecule has 0 radical (unpaired) electrons. The first-order valence-corrected chi connectivity index (χ1v) is 8.09. The smallest absolute Gasteiger partial charge is 0.240 e. The van der Waals surface area contributed by atoms with Gasteiger partial charge in [-0.05, 0) is 43.5 Å². The number of benzene rings is 1. The molecule has 1 aromatic heterocycles. The van der Waals surface area contributed by atoms with Crippen molar-refractivity contribution in [1.29, 1.82) is 0 Å². The number of sulfonamides is 1. The van der Waals surface area contributed by atoms with Crippen molar-refractivity contribution in [2.45, 2.75) is 31.6 Å². The maximum atomic E-state index is 12.3. The summed E-state index contributed by atoms with van der Waals surface area (Å²) in [5, 5.41) is 6.48. The summed E-state index contributed by atoms with van der Waals surface area (Å²) >= 11 is 0. The number of aryl methyl sites for hydroxylation is 2. The third-order valence-electron chi connectivity index (χ3n) is 3.28. The Labute approximate surface area is 124 Å². The van der Waals surface area contributed by atoms with E-state index in [0.717, 1.165) is 11.4 Å². The van der Waals surface area contributed by atoms with E-state index in [2.05, 4.69) is 19.9 Å². The van der Waals surface area contributed by atoms with Gasteiger partial charge in [-0.1, -0.05) is 0 Å². The van der Waals surface area contributed by atoms with Gasteiger partial charge in [0.05, 0.1) is 4.90 Å². The molecule has 7 nitrogen and oxygen atoms in total. The number of nitrogen functional groups attached to an aromatic ring is 1. The highest BCUT2D eigenvalue weighted by atomic mass is 32.2. The van der Waals surface area contributed by atoms with Crippen molar-refractivity contribution in [2.24, 2.45) is 0 Å². The molecule has 0 aliphatic carbocycles. The molecule has 0 atom stereocenters. The lowest BCUT2D eigenvalue weighted by Gasteiger charge is -2.12. The van der Waals surface area contributed by atoms with Crippen molar-refractivity contribution < 1.29 is 8.42 Å². The Hall–Kier alpha value is -1.93. The van der Waals surface area contributed by atoms with Crippen molar-refractivity contribution in [2.75, 3.05) is 12.3 Å². The largest absolute Gasteiger partial charge is 0.399 e. The molecule has 0 amide bonds. The molecule has 0 saturated carbocycles. The number of nitrogens with two attached hydrogens (primary N) is 1. The fourth-order valence-corrected chi connectivity index (χ4v) is 3.45. The topological polar surface area (TPSA) is 114 Å². The van der Waals surface area contributed by atoms with Gasteiger partial charge in [-0.2, -0.15) is 5.10 Å². The summed E-state index contributed by atoms with van der Waals surface area (Å²) in [5.41, 5.74) is 7.75. The molecular weight excluding hydrogens is 290 g/mol. The van der Waals surface area contributed by atoms with Crippen molar-refractivity contribution in [3.8, 4) is 0 Å². The molecule has 1 aromatic carbocycles. The number of H-pyrrole nitrogens is 1. The third-order valence-corrected chi connectivity index (χ3v) is 4.87. The highest BCUT2D eigenvalue weighted by molar-refractivity contribution is 7.89. The lowest BCUT2D eigenvalue weighted by atomic mass is 10.1. The van der Waals surface area contributed by atoms with Gasteiger partial charge in [-0.25, -0.2) is 18.1 Å². The molecular formula is C13H19N5O2S. The minimum Gasteiger partial charge on any atom is -0.399 e. The zero-order valence-corrected chi connectivity index (χ0v) is 12.9. The molecule has 0 fully saturated rings. The molecule has 114 valence electrons. The molecule has 1 heterocycles. The van der Waals surface area contributed by atoms with Crippen LogP contribution in [0.1, 0.15) is 23.4 Å². The van der Waals surface area contributed by atoms with Gasteiger partial charge in [0, 0.05) is 18.7 Å². The molecule has 4 N–H and O–H groups in total. The van der Waals surface area contributed by atoms with E-state index in [1.807, 2.05) is 6.92 Å². The van der Waals surface area contributed by atoms with Gasteiger partial charge in [-0.15, -0.1) is 0 Å². The summed E-state index contributed by atoms with van der Waals surface area (Å²) < 4.78 is 27.2. The van der Waals surface area contributed by atoms with Crippen LogP contribution < -0.4 is 10.5 Å². The standard InChI is InChI=1S/C13H19N5O2S/c1-9-6-11(14)7-12(10(9)2)21(19,20)17-5-3-4-13-15-8-16-18-13/h6-8,17H,3-5,14H2,1-2H3,(H,15,16,18). The highest BCUT2D eigenvalue weighted by Crippen LogP contribution is 2.22. The lowest BCUT2D eigenvalue weighted by molar-refractivity contribution is 0.577.